The summed E-state index contributed by atoms with van der Waals surface area (Å²) in [5.41, 5.74) is 0.177. The number of rotatable bonds is 7. The van der Waals surface area contributed by atoms with Crippen molar-refractivity contribution in [2.24, 2.45) is 0 Å². The Morgan fingerprint density at radius 1 is 0.882 bits per heavy atom. The van der Waals surface area contributed by atoms with Gasteiger partial charge in [0.15, 0.2) is 11.6 Å². The van der Waals surface area contributed by atoms with Crippen molar-refractivity contribution in [2.75, 3.05) is 6.61 Å². The van der Waals surface area contributed by atoms with Gasteiger partial charge in [-0.1, -0.05) is 37.3 Å². The maximum absolute atomic E-state index is 15.1. The Hall–Kier alpha value is -3.55. The molecule has 0 N–H and O–H groups in total. The van der Waals surface area contributed by atoms with Crippen LogP contribution in [0.1, 0.15) is 30.0 Å². The van der Waals surface area contributed by atoms with Crippen molar-refractivity contribution in [2.45, 2.75) is 32.4 Å². The second-order valence-corrected chi connectivity index (χ2v) is 7.88. The van der Waals surface area contributed by atoms with Crippen molar-refractivity contribution in [3.8, 4) is 17.1 Å². The van der Waals surface area contributed by atoms with Crippen LogP contribution >= 0.6 is 0 Å². The van der Waals surface area contributed by atoms with Crippen LogP contribution in [0.15, 0.2) is 60.9 Å². The van der Waals surface area contributed by atoms with Gasteiger partial charge in [-0.2, -0.15) is 13.2 Å². The average molecular weight is 472 g/mol. The lowest BCUT2D eigenvalue weighted by Crippen LogP contribution is -2.08. The molecule has 176 valence electrons. The SMILES string of the molecule is CCCOc1cnc(-c2ccc3c(F)c(CCc4ccc(C(F)(F)F)c(F)c4)ccc3c2)nc1. The molecule has 34 heavy (non-hydrogen) atoms. The fraction of sp³-hybridized carbons (Fsp3) is 0.231. The molecule has 0 saturated carbocycles. The van der Waals surface area contributed by atoms with E-state index in [-0.39, 0.29) is 12.8 Å². The number of fused-ring (bicyclic) bond motifs is 1. The summed E-state index contributed by atoms with van der Waals surface area (Å²) in [7, 11) is 0. The predicted molar refractivity (Wildman–Crippen MR) is 120 cm³/mol. The number of halogens is 5. The third-order valence-corrected chi connectivity index (χ3v) is 5.42. The van der Waals surface area contributed by atoms with E-state index in [9.17, 15) is 17.6 Å². The molecular formula is C26H21F5N2O. The molecular weight excluding hydrogens is 451 g/mol. The fourth-order valence-corrected chi connectivity index (χ4v) is 3.65. The number of ether oxygens (including phenoxy) is 1. The van der Waals surface area contributed by atoms with Gasteiger partial charge in [-0.15, -0.1) is 0 Å². The third kappa shape index (κ3) is 5.16. The first-order valence-corrected chi connectivity index (χ1v) is 10.8. The molecule has 1 aromatic heterocycles. The normalized spacial score (nSPS) is 11.7. The summed E-state index contributed by atoms with van der Waals surface area (Å²) < 4.78 is 72.6. The highest BCUT2D eigenvalue weighted by Crippen LogP contribution is 2.32. The summed E-state index contributed by atoms with van der Waals surface area (Å²) in [6.07, 6.45) is -0.262. The van der Waals surface area contributed by atoms with E-state index in [4.69, 9.17) is 4.74 Å². The van der Waals surface area contributed by atoms with Crippen LogP contribution in [0, 0.1) is 11.6 Å². The summed E-state index contributed by atoms with van der Waals surface area (Å²) in [5, 5.41) is 1.07. The Labute approximate surface area is 193 Å². The second kappa shape index (κ2) is 9.75. The van der Waals surface area contributed by atoms with Crippen LogP contribution in [0.5, 0.6) is 5.75 Å². The summed E-state index contributed by atoms with van der Waals surface area (Å²) >= 11 is 0. The molecule has 0 spiro atoms. The zero-order valence-electron chi connectivity index (χ0n) is 18.3. The Kier molecular flexibility index (Phi) is 6.77. The highest BCUT2D eigenvalue weighted by Gasteiger charge is 2.33. The molecule has 0 aliphatic heterocycles. The predicted octanol–water partition coefficient (Wildman–Crippen LogP) is 7.17. The van der Waals surface area contributed by atoms with Crippen LogP contribution in [0.2, 0.25) is 0 Å². The number of aromatic nitrogens is 2. The number of nitrogens with zero attached hydrogens (tertiary/aromatic N) is 2. The monoisotopic (exact) mass is 472 g/mol. The first-order chi connectivity index (χ1) is 16.3. The van der Waals surface area contributed by atoms with E-state index in [2.05, 4.69) is 9.97 Å². The van der Waals surface area contributed by atoms with Gasteiger partial charge in [0.25, 0.3) is 0 Å². The average Bonchev–Trinajstić information content (AvgIpc) is 2.81. The van der Waals surface area contributed by atoms with E-state index in [1.54, 1.807) is 42.7 Å². The fourth-order valence-electron chi connectivity index (χ4n) is 3.65. The van der Waals surface area contributed by atoms with E-state index in [1.165, 1.54) is 6.07 Å². The van der Waals surface area contributed by atoms with Gasteiger partial charge in [0.1, 0.15) is 11.6 Å². The van der Waals surface area contributed by atoms with Crippen molar-refractivity contribution < 1.29 is 26.7 Å². The Bertz CT molecular complexity index is 1300. The first-order valence-electron chi connectivity index (χ1n) is 10.8. The minimum Gasteiger partial charge on any atom is -0.490 e. The van der Waals surface area contributed by atoms with E-state index in [0.29, 0.717) is 46.1 Å². The molecule has 0 fully saturated rings. The minimum atomic E-state index is -4.75. The number of hydrogen-bond acceptors (Lipinski definition) is 3. The molecule has 0 saturated heterocycles. The van der Waals surface area contributed by atoms with Gasteiger partial charge < -0.3 is 4.74 Å². The molecule has 3 nitrogen and oxygen atoms in total. The largest absolute Gasteiger partial charge is 0.490 e. The van der Waals surface area contributed by atoms with Crippen LogP contribution in [-0.4, -0.2) is 16.6 Å². The molecule has 0 aliphatic carbocycles. The molecule has 1 heterocycles. The van der Waals surface area contributed by atoms with E-state index >= 15 is 4.39 Å². The molecule has 3 aromatic carbocycles. The van der Waals surface area contributed by atoms with Crippen LogP contribution in [0.3, 0.4) is 0 Å². The van der Waals surface area contributed by atoms with Crippen LogP contribution < -0.4 is 4.74 Å². The molecule has 0 bridgehead atoms. The summed E-state index contributed by atoms with van der Waals surface area (Å²) in [6.45, 7) is 2.58. The topological polar surface area (TPSA) is 35.0 Å². The maximum atomic E-state index is 15.1. The quantitative estimate of drug-likeness (QED) is 0.268. The molecule has 0 radical (unpaired) electrons. The van der Waals surface area contributed by atoms with Crippen molar-refractivity contribution in [1.29, 1.82) is 0 Å². The Balaban J connectivity index is 1.51. The molecule has 0 unspecified atom stereocenters. The van der Waals surface area contributed by atoms with Crippen LogP contribution in [0.4, 0.5) is 22.0 Å². The molecule has 4 aromatic rings. The van der Waals surface area contributed by atoms with Gasteiger partial charge in [-0.25, -0.2) is 18.7 Å². The summed E-state index contributed by atoms with van der Waals surface area (Å²) in [6, 6.07) is 11.3. The lowest BCUT2D eigenvalue weighted by Gasteiger charge is -2.11. The van der Waals surface area contributed by atoms with Crippen molar-refractivity contribution in [1.82, 2.24) is 9.97 Å². The van der Waals surface area contributed by atoms with E-state index in [0.717, 1.165) is 18.1 Å². The lowest BCUT2D eigenvalue weighted by molar-refractivity contribution is -0.140. The number of hydrogen-bond donors (Lipinski definition) is 0. The zero-order chi connectivity index (χ0) is 24.3. The van der Waals surface area contributed by atoms with Crippen molar-refractivity contribution >= 4 is 10.8 Å². The number of aryl methyl sites for hydroxylation is 2. The third-order valence-electron chi connectivity index (χ3n) is 5.42. The first kappa shape index (κ1) is 23.6. The van der Waals surface area contributed by atoms with Gasteiger partial charge in [-0.05, 0) is 54.0 Å². The molecule has 4 rings (SSSR count). The van der Waals surface area contributed by atoms with E-state index in [1.807, 2.05) is 6.92 Å². The van der Waals surface area contributed by atoms with Gasteiger partial charge in [0.05, 0.1) is 24.6 Å². The highest BCUT2D eigenvalue weighted by atomic mass is 19.4. The maximum Gasteiger partial charge on any atom is 0.419 e. The second-order valence-electron chi connectivity index (χ2n) is 7.88. The Morgan fingerprint density at radius 3 is 2.32 bits per heavy atom. The van der Waals surface area contributed by atoms with Crippen molar-refractivity contribution in [3.63, 3.8) is 0 Å². The van der Waals surface area contributed by atoms with Gasteiger partial charge in [0, 0.05) is 10.9 Å². The van der Waals surface area contributed by atoms with E-state index < -0.39 is 23.4 Å². The van der Waals surface area contributed by atoms with Gasteiger partial charge in [0.2, 0.25) is 0 Å². The highest BCUT2D eigenvalue weighted by molar-refractivity contribution is 5.87. The van der Waals surface area contributed by atoms with Crippen LogP contribution in [0.25, 0.3) is 22.2 Å². The standard InChI is InChI=1S/C26H21F5N2O/c1-2-11-34-20-14-32-25(33-15-20)19-8-9-21-18(13-19)7-6-17(24(21)28)5-3-16-4-10-22(23(27)12-16)26(29,30)31/h4,6-10,12-15H,2-3,5,11H2,1H3. The van der Waals surface area contributed by atoms with Crippen LogP contribution in [-0.2, 0) is 19.0 Å². The molecule has 0 amide bonds. The minimum absolute atomic E-state index is 0.204. The Morgan fingerprint density at radius 2 is 1.65 bits per heavy atom. The summed E-state index contributed by atoms with van der Waals surface area (Å²) in [5.74, 6) is -0.682. The number of benzene rings is 3. The summed E-state index contributed by atoms with van der Waals surface area (Å²) in [4.78, 5) is 8.62. The van der Waals surface area contributed by atoms with Gasteiger partial charge >= 0.3 is 6.18 Å². The molecule has 0 aliphatic rings. The zero-order valence-corrected chi connectivity index (χ0v) is 18.3. The molecule has 0 atom stereocenters. The molecule has 8 heteroatoms. The van der Waals surface area contributed by atoms with Gasteiger partial charge in [-0.3, -0.25) is 0 Å². The van der Waals surface area contributed by atoms with Crippen molar-refractivity contribution in [3.05, 3.63) is 89.2 Å². The smallest absolute Gasteiger partial charge is 0.419 e. The number of alkyl halides is 3. The lowest BCUT2D eigenvalue weighted by atomic mass is 9.98.